The SMILES string of the molecule is CN1/C(=C\C(=O)C[n+]2ccc3ccccc3c2)C(C)(C)c2ccccc21. The van der Waals surface area contributed by atoms with Gasteiger partial charge < -0.3 is 4.90 Å². The van der Waals surface area contributed by atoms with Crippen LogP contribution in [0.25, 0.3) is 10.8 Å². The number of aromatic nitrogens is 1. The lowest BCUT2D eigenvalue weighted by molar-refractivity contribution is -0.682. The van der Waals surface area contributed by atoms with Gasteiger partial charge in [-0.05, 0) is 23.1 Å². The Bertz CT molecular complexity index is 1030. The van der Waals surface area contributed by atoms with Crippen LogP contribution in [0.3, 0.4) is 0 Å². The van der Waals surface area contributed by atoms with E-state index in [2.05, 4.69) is 55.1 Å². The molecule has 130 valence electrons. The van der Waals surface area contributed by atoms with Crippen LogP contribution >= 0.6 is 0 Å². The number of benzene rings is 2. The summed E-state index contributed by atoms with van der Waals surface area (Å²) in [6, 6.07) is 18.6. The Labute approximate surface area is 154 Å². The van der Waals surface area contributed by atoms with E-state index in [1.54, 1.807) is 0 Å². The smallest absolute Gasteiger partial charge is 0.222 e. The van der Waals surface area contributed by atoms with Gasteiger partial charge >= 0.3 is 0 Å². The number of fused-ring (bicyclic) bond motifs is 2. The third-order valence-corrected chi connectivity index (χ3v) is 5.32. The van der Waals surface area contributed by atoms with Crippen molar-refractivity contribution in [3.8, 4) is 0 Å². The molecule has 0 saturated heterocycles. The lowest BCUT2D eigenvalue weighted by Crippen LogP contribution is -2.37. The molecule has 0 radical (unpaired) electrons. The predicted octanol–water partition coefficient (Wildman–Crippen LogP) is 4.01. The van der Waals surface area contributed by atoms with E-state index in [4.69, 9.17) is 0 Å². The van der Waals surface area contributed by atoms with Gasteiger partial charge in [0, 0.05) is 41.4 Å². The highest BCUT2D eigenvalue weighted by Crippen LogP contribution is 2.46. The molecule has 26 heavy (non-hydrogen) atoms. The first-order chi connectivity index (χ1) is 12.5. The van der Waals surface area contributed by atoms with Gasteiger partial charge in [-0.15, -0.1) is 0 Å². The Balaban J connectivity index is 1.62. The first-order valence-electron chi connectivity index (χ1n) is 8.93. The molecule has 1 aliphatic rings. The molecule has 3 heteroatoms. The summed E-state index contributed by atoms with van der Waals surface area (Å²) < 4.78 is 1.96. The molecule has 0 N–H and O–H groups in total. The first-order valence-corrected chi connectivity index (χ1v) is 8.93. The largest absolute Gasteiger partial charge is 0.347 e. The third-order valence-electron chi connectivity index (χ3n) is 5.32. The number of para-hydroxylation sites is 1. The van der Waals surface area contributed by atoms with Crippen molar-refractivity contribution in [1.29, 1.82) is 0 Å². The van der Waals surface area contributed by atoms with Crippen LogP contribution in [0, 0.1) is 0 Å². The maximum atomic E-state index is 12.8. The topological polar surface area (TPSA) is 24.2 Å². The van der Waals surface area contributed by atoms with E-state index < -0.39 is 0 Å². The molecule has 4 rings (SSSR count). The fourth-order valence-electron chi connectivity index (χ4n) is 3.91. The van der Waals surface area contributed by atoms with Gasteiger partial charge in [-0.1, -0.05) is 50.2 Å². The Morgan fingerprint density at radius 2 is 1.73 bits per heavy atom. The Hall–Kier alpha value is -2.94. The number of hydrogen-bond acceptors (Lipinski definition) is 2. The van der Waals surface area contributed by atoms with Crippen LogP contribution in [0.5, 0.6) is 0 Å². The van der Waals surface area contributed by atoms with Gasteiger partial charge in [-0.3, -0.25) is 4.79 Å². The molecule has 3 nitrogen and oxygen atoms in total. The summed E-state index contributed by atoms with van der Waals surface area (Å²) in [4.78, 5) is 14.9. The van der Waals surface area contributed by atoms with Crippen LogP contribution in [0.4, 0.5) is 5.69 Å². The van der Waals surface area contributed by atoms with Crippen LogP contribution in [0.15, 0.2) is 78.8 Å². The van der Waals surface area contributed by atoms with Crippen LogP contribution < -0.4 is 9.47 Å². The minimum absolute atomic E-state index is 0.105. The van der Waals surface area contributed by atoms with Crippen molar-refractivity contribution in [3.05, 3.63) is 84.3 Å². The van der Waals surface area contributed by atoms with Gasteiger partial charge in [-0.25, -0.2) is 0 Å². The molecule has 3 aromatic rings. The molecule has 0 saturated carbocycles. The summed E-state index contributed by atoms with van der Waals surface area (Å²) in [6.07, 6.45) is 5.81. The van der Waals surface area contributed by atoms with Crippen molar-refractivity contribution >= 4 is 22.2 Å². The van der Waals surface area contributed by atoms with Gasteiger partial charge in [-0.2, -0.15) is 4.57 Å². The average molecular weight is 343 g/mol. The molecular weight excluding hydrogens is 320 g/mol. The average Bonchev–Trinajstić information content (AvgIpc) is 2.83. The van der Waals surface area contributed by atoms with Gasteiger partial charge in [0.05, 0.1) is 0 Å². The second-order valence-electron chi connectivity index (χ2n) is 7.44. The van der Waals surface area contributed by atoms with E-state index in [9.17, 15) is 4.79 Å². The van der Waals surface area contributed by atoms with Gasteiger partial charge in [0.15, 0.2) is 12.4 Å². The Morgan fingerprint density at radius 3 is 2.50 bits per heavy atom. The second-order valence-corrected chi connectivity index (χ2v) is 7.44. The summed E-state index contributed by atoms with van der Waals surface area (Å²) in [6.45, 7) is 4.70. The molecule has 0 aliphatic carbocycles. The molecule has 0 unspecified atom stereocenters. The molecule has 2 heterocycles. The molecule has 2 aromatic carbocycles. The van der Waals surface area contributed by atoms with Crippen molar-refractivity contribution in [1.82, 2.24) is 0 Å². The van der Waals surface area contributed by atoms with Crippen molar-refractivity contribution < 1.29 is 9.36 Å². The molecule has 0 amide bonds. The molecule has 0 spiro atoms. The number of hydrogen-bond donors (Lipinski definition) is 0. The minimum Gasteiger partial charge on any atom is -0.347 e. The fraction of sp³-hybridized carbons (Fsp3) is 0.217. The summed E-state index contributed by atoms with van der Waals surface area (Å²) in [5.41, 5.74) is 3.31. The van der Waals surface area contributed by atoms with E-state index >= 15 is 0 Å². The predicted molar refractivity (Wildman–Crippen MR) is 105 cm³/mol. The van der Waals surface area contributed by atoms with Crippen LogP contribution in [0.1, 0.15) is 19.4 Å². The number of nitrogens with zero attached hydrogens (tertiary/aromatic N) is 2. The van der Waals surface area contributed by atoms with Gasteiger partial charge in [0.1, 0.15) is 0 Å². The van der Waals surface area contributed by atoms with Crippen LogP contribution in [-0.2, 0) is 16.8 Å². The zero-order chi connectivity index (χ0) is 18.3. The highest BCUT2D eigenvalue weighted by molar-refractivity contribution is 5.91. The van der Waals surface area contributed by atoms with Crippen molar-refractivity contribution in [3.63, 3.8) is 0 Å². The minimum atomic E-state index is -0.172. The van der Waals surface area contributed by atoms with Crippen LogP contribution in [0.2, 0.25) is 0 Å². The Kier molecular flexibility index (Phi) is 3.87. The number of rotatable bonds is 3. The molecule has 0 atom stereocenters. The molecule has 1 aromatic heterocycles. The maximum absolute atomic E-state index is 12.8. The number of anilines is 1. The van der Waals surface area contributed by atoms with Crippen molar-refractivity contribution in [2.75, 3.05) is 11.9 Å². The lowest BCUT2D eigenvalue weighted by atomic mass is 9.83. The Morgan fingerprint density at radius 1 is 1.04 bits per heavy atom. The summed E-state index contributed by atoms with van der Waals surface area (Å²) in [7, 11) is 2.04. The zero-order valence-corrected chi connectivity index (χ0v) is 15.4. The van der Waals surface area contributed by atoms with Crippen molar-refractivity contribution in [2.45, 2.75) is 25.8 Å². The number of pyridine rings is 1. The number of carbonyl (C=O) groups is 1. The second kappa shape index (κ2) is 6.10. The highest BCUT2D eigenvalue weighted by atomic mass is 16.1. The third kappa shape index (κ3) is 2.70. The number of ketones is 1. The number of likely N-dealkylation sites (N-methyl/N-ethyl adjacent to an activating group) is 1. The normalized spacial score (nSPS) is 16.9. The quantitative estimate of drug-likeness (QED) is 0.530. The summed E-state index contributed by atoms with van der Waals surface area (Å²) >= 11 is 0. The highest BCUT2D eigenvalue weighted by Gasteiger charge is 2.38. The van der Waals surface area contributed by atoms with E-state index in [1.807, 2.05) is 48.3 Å². The van der Waals surface area contributed by atoms with Gasteiger partial charge in [0.2, 0.25) is 12.3 Å². The van der Waals surface area contributed by atoms with Crippen molar-refractivity contribution in [2.24, 2.45) is 0 Å². The summed E-state index contributed by atoms with van der Waals surface area (Å²) in [5.74, 6) is 0.105. The standard InChI is InChI=1S/C23H23N2O/c1-23(2)20-10-6-7-11-21(20)24(3)22(23)14-19(26)16-25-13-12-17-8-4-5-9-18(17)15-25/h4-15H,16H2,1-3H3/q+1/b22-14-. The summed E-state index contributed by atoms with van der Waals surface area (Å²) in [5, 5.41) is 2.32. The number of carbonyl (C=O) groups excluding carboxylic acids is 1. The van der Waals surface area contributed by atoms with E-state index in [0.717, 1.165) is 11.1 Å². The number of allylic oxidation sites excluding steroid dienone is 2. The zero-order valence-electron chi connectivity index (χ0n) is 15.4. The molecule has 1 aliphatic heterocycles. The molecule has 0 fully saturated rings. The van der Waals surface area contributed by atoms with E-state index in [1.165, 1.54) is 16.6 Å². The van der Waals surface area contributed by atoms with Crippen LogP contribution in [-0.4, -0.2) is 12.8 Å². The fourth-order valence-corrected chi connectivity index (χ4v) is 3.91. The van der Waals surface area contributed by atoms with E-state index in [0.29, 0.717) is 6.54 Å². The monoisotopic (exact) mass is 343 g/mol. The lowest BCUT2D eigenvalue weighted by Gasteiger charge is -2.23. The molecule has 0 bridgehead atoms. The van der Waals surface area contributed by atoms with Gasteiger partial charge in [0.25, 0.3) is 0 Å². The van der Waals surface area contributed by atoms with E-state index in [-0.39, 0.29) is 11.2 Å². The maximum Gasteiger partial charge on any atom is 0.222 e. The first kappa shape index (κ1) is 16.5. The molecular formula is C23H23N2O+.